The predicted molar refractivity (Wildman–Crippen MR) is 92.4 cm³/mol. The minimum Gasteiger partial charge on any atom is -0.349 e. The molecule has 0 saturated heterocycles. The van der Waals surface area contributed by atoms with Gasteiger partial charge in [-0.2, -0.15) is 0 Å². The fraction of sp³-hybridized carbons (Fsp3) is 0.222. The summed E-state index contributed by atoms with van der Waals surface area (Å²) >= 11 is 6.04. The molecule has 0 radical (unpaired) electrons. The number of para-hydroxylation sites is 1. The summed E-state index contributed by atoms with van der Waals surface area (Å²) in [5.74, 6) is -0.390. The van der Waals surface area contributed by atoms with Crippen LogP contribution >= 0.6 is 11.6 Å². The van der Waals surface area contributed by atoms with Crippen molar-refractivity contribution in [3.8, 4) is 0 Å². The lowest BCUT2D eigenvalue weighted by Gasteiger charge is -2.18. The van der Waals surface area contributed by atoms with E-state index in [1.807, 2.05) is 31.2 Å². The lowest BCUT2D eigenvalue weighted by atomic mass is 10.0. The van der Waals surface area contributed by atoms with Gasteiger partial charge in [-0.1, -0.05) is 53.6 Å². The minimum atomic E-state index is -0.379. The quantitative estimate of drug-likeness (QED) is 0.874. The van der Waals surface area contributed by atoms with E-state index >= 15 is 0 Å². The van der Waals surface area contributed by atoms with Crippen molar-refractivity contribution in [2.45, 2.75) is 26.3 Å². The molecule has 23 heavy (non-hydrogen) atoms. The van der Waals surface area contributed by atoms with Gasteiger partial charge in [-0.3, -0.25) is 9.59 Å². The van der Waals surface area contributed by atoms with Crippen LogP contribution in [-0.4, -0.2) is 11.8 Å². The minimum absolute atomic E-state index is 0.133. The van der Waals surface area contributed by atoms with E-state index in [1.165, 1.54) is 6.92 Å². The third-order valence-corrected chi connectivity index (χ3v) is 3.72. The van der Waals surface area contributed by atoms with Gasteiger partial charge >= 0.3 is 0 Å². The Bertz CT molecular complexity index is 698. The number of anilines is 1. The molecule has 120 valence electrons. The Morgan fingerprint density at radius 3 is 2.35 bits per heavy atom. The highest BCUT2D eigenvalue weighted by Gasteiger charge is 2.17. The maximum Gasteiger partial charge on any atom is 0.226 e. The van der Waals surface area contributed by atoms with Gasteiger partial charge in [0.05, 0.1) is 23.2 Å². The first kappa shape index (κ1) is 17.0. The average molecular weight is 331 g/mol. The van der Waals surface area contributed by atoms with Crippen molar-refractivity contribution < 1.29 is 9.59 Å². The lowest BCUT2D eigenvalue weighted by molar-refractivity contribution is -0.120. The molecule has 0 aromatic heterocycles. The van der Waals surface area contributed by atoms with Gasteiger partial charge in [0, 0.05) is 6.92 Å². The summed E-state index contributed by atoms with van der Waals surface area (Å²) in [5.41, 5.74) is 2.57. The van der Waals surface area contributed by atoms with Gasteiger partial charge in [0.15, 0.2) is 0 Å². The number of aryl methyl sites for hydroxylation is 1. The largest absolute Gasteiger partial charge is 0.349 e. The summed E-state index contributed by atoms with van der Waals surface area (Å²) in [7, 11) is 0. The van der Waals surface area contributed by atoms with Gasteiger partial charge < -0.3 is 10.6 Å². The van der Waals surface area contributed by atoms with Gasteiger partial charge in [0.1, 0.15) is 0 Å². The van der Waals surface area contributed by atoms with E-state index in [4.69, 9.17) is 11.6 Å². The molecule has 0 spiro atoms. The molecule has 5 heteroatoms. The zero-order valence-corrected chi connectivity index (χ0v) is 13.9. The van der Waals surface area contributed by atoms with Crippen molar-refractivity contribution in [1.82, 2.24) is 5.32 Å². The van der Waals surface area contributed by atoms with Crippen molar-refractivity contribution in [1.29, 1.82) is 0 Å². The number of rotatable bonds is 5. The zero-order valence-electron chi connectivity index (χ0n) is 13.1. The fourth-order valence-electron chi connectivity index (χ4n) is 2.25. The van der Waals surface area contributed by atoms with Crippen molar-refractivity contribution in [3.63, 3.8) is 0 Å². The second kappa shape index (κ2) is 7.79. The monoisotopic (exact) mass is 330 g/mol. The number of nitrogens with one attached hydrogen (secondary N) is 2. The lowest BCUT2D eigenvalue weighted by Crippen LogP contribution is -2.29. The molecular formula is C18H19ClN2O2. The van der Waals surface area contributed by atoms with E-state index in [-0.39, 0.29) is 24.3 Å². The maximum absolute atomic E-state index is 12.3. The Morgan fingerprint density at radius 1 is 1.09 bits per heavy atom. The van der Waals surface area contributed by atoms with Crippen LogP contribution in [0.1, 0.15) is 30.5 Å². The maximum atomic E-state index is 12.3. The highest BCUT2D eigenvalue weighted by Crippen LogP contribution is 2.23. The van der Waals surface area contributed by atoms with E-state index in [0.29, 0.717) is 10.7 Å². The van der Waals surface area contributed by atoms with Gasteiger partial charge in [0.25, 0.3) is 0 Å². The first-order valence-electron chi connectivity index (χ1n) is 7.34. The molecule has 2 aromatic carbocycles. The first-order chi connectivity index (χ1) is 11.0. The predicted octanol–water partition coefficient (Wildman–Crippen LogP) is 3.85. The number of amides is 2. The molecule has 0 aliphatic carbocycles. The topological polar surface area (TPSA) is 58.2 Å². The van der Waals surface area contributed by atoms with Gasteiger partial charge in [-0.05, 0) is 24.6 Å². The normalized spacial score (nSPS) is 11.6. The van der Waals surface area contributed by atoms with Crippen LogP contribution in [0.4, 0.5) is 5.69 Å². The second-order valence-electron chi connectivity index (χ2n) is 5.40. The van der Waals surface area contributed by atoms with Crippen LogP contribution in [0.3, 0.4) is 0 Å². The van der Waals surface area contributed by atoms with Gasteiger partial charge in [-0.25, -0.2) is 0 Å². The Kier molecular flexibility index (Phi) is 5.77. The average Bonchev–Trinajstić information content (AvgIpc) is 2.49. The van der Waals surface area contributed by atoms with Gasteiger partial charge in [0.2, 0.25) is 11.8 Å². The molecule has 0 heterocycles. The van der Waals surface area contributed by atoms with E-state index in [9.17, 15) is 9.59 Å². The summed E-state index contributed by atoms with van der Waals surface area (Å²) < 4.78 is 0. The third kappa shape index (κ3) is 5.11. The Balaban J connectivity index is 2.11. The SMILES string of the molecule is CC(=O)NC(CC(=O)Nc1ccccc1Cl)c1ccc(C)cc1. The molecule has 0 bridgehead atoms. The third-order valence-electron chi connectivity index (χ3n) is 3.39. The number of carbonyl (C=O) groups excluding carboxylic acids is 2. The Hall–Kier alpha value is -2.33. The Morgan fingerprint density at radius 2 is 1.74 bits per heavy atom. The van der Waals surface area contributed by atoms with Crippen LogP contribution in [0.5, 0.6) is 0 Å². The molecule has 0 fully saturated rings. The van der Waals surface area contributed by atoms with Crippen molar-refractivity contribution in [2.24, 2.45) is 0 Å². The molecule has 2 amide bonds. The van der Waals surface area contributed by atoms with Crippen molar-refractivity contribution in [3.05, 3.63) is 64.7 Å². The number of benzene rings is 2. The summed E-state index contributed by atoms with van der Waals surface area (Å²) in [5, 5.41) is 6.07. The van der Waals surface area contributed by atoms with E-state index in [2.05, 4.69) is 10.6 Å². The molecule has 2 rings (SSSR count). The Labute approximate surface area is 140 Å². The highest BCUT2D eigenvalue weighted by atomic mass is 35.5. The number of hydrogen-bond donors (Lipinski definition) is 2. The van der Waals surface area contributed by atoms with Crippen LogP contribution < -0.4 is 10.6 Å². The summed E-state index contributed by atoms with van der Waals surface area (Å²) in [6, 6.07) is 14.4. The van der Waals surface area contributed by atoms with Crippen LogP contribution in [-0.2, 0) is 9.59 Å². The zero-order chi connectivity index (χ0) is 16.8. The van der Waals surface area contributed by atoms with E-state index in [1.54, 1.807) is 24.3 Å². The fourth-order valence-corrected chi connectivity index (χ4v) is 2.43. The molecule has 0 saturated carbocycles. The van der Waals surface area contributed by atoms with Gasteiger partial charge in [-0.15, -0.1) is 0 Å². The summed E-state index contributed by atoms with van der Waals surface area (Å²) in [6.07, 6.45) is 0.133. The highest BCUT2D eigenvalue weighted by molar-refractivity contribution is 6.33. The number of carbonyl (C=O) groups is 2. The molecule has 4 nitrogen and oxygen atoms in total. The molecule has 0 aliphatic rings. The molecule has 2 N–H and O–H groups in total. The molecule has 1 atom stereocenters. The van der Waals surface area contributed by atoms with E-state index in [0.717, 1.165) is 11.1 Å². The smallest absolute Gasteiger partial charge is 0.226 e. The van der Waals surface area contributed by atoms with Crippen molar-refractivity contribution >= 4 is 29.1 Å². The van der Waals surface area contributed by atoms with Crippen molar-refractivity contribution in [2.75, 3.05) is 5.32 Å². The summed E-state index contributed by atoms with van der Waals surface area (Å²) in [6.45, 7) is 3.43. The molecule has 0 aliphatic heterocycles. The molecular weight excluding hydrogens is 312 g/mol. The van der Waals surface area contributed by atoms with Crippen LogP contribution in [0.15, 0.2) is 48.5 Å². The standard InChI is InChI=1S/C18H19ClN2O2/c1-12-7-9-14(10-8-12)17(20-13(2)22)11-18(23)21-16-6-4-3-5-15(16)19/h3-10,17H,11H2,1-2H3,(H,20,22)(H,21,23). The summed E-state index contributed by atoms with van der Waals surface area (Å²) in [4.78, 5) is 23.7. The van der Waals surface area contributed by atoms with Crippen LogP contribution in [0, 0.1) is 6.92 Å². The van der Waals surface area contributed by atoms with Crippen LogP contribution in [0.25, 0.3) is 0 Å². The molecule has 1 unspecified atom stereocenters. The second-order valence-corrected chi connectivity index (χ2v) is 5.80. The van der Waals surface area contributed by atoms with E-state index < -0.39 is 0 Å². The number of hydrogen-bond acceptors (Lipinski definition) is 2. The van der Waals surface area contributed by atoms with Crippen LogP contribution in [0.2, 0.25) is 5.02 Å². The number of halogens is 1. The molecule has 2 aromatic rings. The first-order valence-corrected chi connectivity index (χ1v) is 7.71.